The number of carbonyl (C=O) groups is 1. The first-order valence-corrected chi connectivity index (χ1v) is 16.3. The molecule has 1 rings (SSSR count). The smallest absolute Gasteiger partial charge is 0.306 e. The van der Waals surface area contributed by atoms with Gasteiger partial charge in [0.15, 0.2) is 0 Å². The van der Waals surface area contributed by atoms with Gasteiger partial charge in [-0.25, -0.2) is 0 Å². The van der Waals surface area contributed by atoms with Gasteiger partial charge in [0.25, 0.3) is 0 Å². The third-order valence-electron chi connectivity index (χ3n) is 8.86. The molecule has 3 nitrogen and oxygen atoms in total. The number of hydrogen-bond acceptors (Lipinski definition) is 3. The third kappa shape index (κ3) is 13.6. The Morgan fingerprint density at radius 1 is 0.692 bits per heavy atom. The number of carbonyl (C=O) groups excluding carboxylic acids is 1. The maximum absolute atomic E-state index is 12.9. The van der Waals surface area contributed by atoms with E-state index >= 15 is 0 Å². The van der Waals surface area contributed by atoms with E-state index in [1.165, 1.54) is 89.9 Å². The summed E-state index contributed by atoms with van der Waals surface area (Å²) in [4.78, 5) is 12.9. The Morgan fingerprint density at radius 3 is 1.54 bits per heavy atom. The van der Waals surface area contributed by atoms with Gasteiger partial charge in [0.05, 0.1) is 13.0 Å². The Bertz CT molecular complexity index is 798. The Morgan fingerprint density at radius 2 is 1.13 bits per heavy atom. The van der Waals surface area contributed by atoms with E-state index in [2.05, 4.69) is 61.5 Å². The molecule has 0 radical (unpaired) electrons. The molecule has 0 bridgehead atoms. The summed E-state index contributed by atoms with van der Waals surface area (Å²) < 4.78 is 5.71. The van der Waals surface area contributed by atoms with Crippen LogP contribution in [0.3, 0.4) is 0 Å². The number of esters is 1. The zero-order valence-electron chi connectivity index (χ0n) is 27.2. The highest BCUT2D eigenvalue weighted by molar-refractivity contribution is 5.72. The lowest BCUT2D eigenvalue weighted by atomic mass is 9.61. The molecule has 0 aliphatic rings. The maximum atomic E-state index is 12.9. The molecule has 3 heteroatoms. The zero-order chi connectivity index (χ0) is 29.4. The van der Waals surface area contributed by atoms with Crippen LogP contribution in [-0.4, -0.2) is 17.7 Å². The summed E-state index contributed by atoms with van der Waals surface area (Å²) >= 11 is 0. The van der Waals surface area contributed by atoms with Crippen molar-refractivity contribution < 1.29 is 14.6 Å². The first-order chi connectivity index (χ1) is 18.3. The van der Waals surface area contributed by atoms with Crippen LogP contribution in [0.25, 0.3) is 0 Å². The summed E-state index contributed by atoms with van der Waals surface area (Å²) in [5.41, 5.74) is 1.28. The fraction of sp³-hybridized carbons (Fsp3) is 0.806. The Kier molecular flexibility index (Phi) is 16.4. The van der Waals surface area contributed by atoms with Crippen molar-refractivity contribution in [1.82, 2.24) is 0 Å². The van der Waals surface area contributed by atoms with Crippen molar-refractivity contribution in [3.05, 3.63) is 29.3 Å². The third-order valence-corrected chi connectivity index (χ3v) is 8.86. The Hall–Kier alpha value is -1.51. The number of benzene rings is 1. The Labute approximate surface area is 242 Å². The predicted molar refractivity (Wildman–Crippen MR) is 169 cm³/mol. The van der Waals surface area contributed by atoms with E-state index in [1.807, 2.05) is 6.07 Å². The topological polar surface area (TPSA) is 46.5 Å². The van der Waals surface area contributed by atoms with E-state index in [1.54, 1.807) is 6.07 Å². The molecule has 39 heavy (non-hydrogen) atoms. The molecule has 0 aliphatic carbocycles. The van der Waals surface area contributed by atoms with Gasteiger partial charge < -0.3 is 9.84 Å². The van der Waals surface area contributed by atoms with Crippen LogP contribution >= 0.6 is 0 Å². The molecule has 1 aromatic carbocycles. The van der Waals surface area contributed by atoms with Crippen LogP contribution in [0.4, 0.5) is 0 Å². The average molecular weight is 545 g/mol. The van der Waals surface area contributed by atoms with Crippen LogP contribution in [0.2, 0.25) is 0 Å². The number of unbranched alkanes of at least 4 members (excludes halogenated alkanes) is 15. The number of hydrogen-bond donors (Lipinski definition) is 1. The lowest BCUT2D eigenvalue weighted by molar-refractivity contribution is -0.146. The highest BCUT2D eigenvalue weighted by Gasteiger charge is 2.42. The van der Waals surface area contributed by atoms with E-state index in [-0.39, 0.29) is 16.8 Å². The number of aromatic hydroxyl groups is 1. The highest BCUT2D eigenvalue weighted by Crippen LogP contribution is 2.46. The summed E-state index contributed by atoms with van der Waals surface area (Å²) in [6.45, 7) is 17.8. The molecule has 0 saturated heterocycles. The van der Waals surface area contributed by atoms with Gasteiger partial charge in [-0.2, -0.15) is 0 Å². The van der Waals surface area contributed by atoms with E-state index in [0.29, 0.717) is 18.8 Å². The van der Waals surface area contributed by atoms with Gasteiger partial charge in [0, 0.05) is 5.41 Å². The minimum absolute atomic E-state index is 0.126. The summed E-state index contributed by atoms with van der Waals surface area (Å²) in [5, 5.41) is 10.4. The second-order valence-electron chi connectivity index (χ2n) is 14.3. The molecule has 1 aromatic rings. The van der Waals surface area contributed by atoms with Crippen LogP contribution in [0, 0.1) is 5.41 Å². The molecule has 0 heterocycles. The number of ether oxygens (including phenoxy) is 1. The van der Waals surface area contributed by atoms with E-state index in [0.717, 1.165) is 24.0 Å². The van der Waals surface area contributed by atoms with Crippen molar-refractivity contribution in [3.63, 3.8) is 0 Å². The van der Waals surface area contributed by atoms with Crippen molar-refractivity contribution in [1.29, 1.82) is 0 Å². The van der Waals surface area contributed by atoms with Crippen molar-refractivity contribution in [2.24, 2.45) is 5.41 Å². The van der Waals surface area contributed by atoms with E-state index in [9.17, 15) is 9.90 Å². The molecule has 0 aromatic heterocycles. The van der Waals surface area contributed by atoms with Crippen LogP contribution < -0.4 is 0 Å². The molecular formula is C36H64O3. The standard InChI is InChI=1S/C36H64O3/c1-9-10-11-12-13-14-15-16-17-18-19-20-21-22-23-24-27-39-33(38)29-36(8,35(5,6)7)30-25-26-32(37)31(28-30)34(2,3)4/h25-26,28,37H,9-24,27,29H2,1-8H3. The van der Waals surface area contributed by atoms with Gasteiger partial charge in [-0.15, -0.1) is 0 Å². The fourth-order valence-corrected chi connectivity index (χ4v) is 5.46. The van der Waals surface area contributed by atoms with Gasteiger partial charge in [-0.3, -0.25) is 4.79 Å². The minimum atomic E-state index is -0.396. The van der Waals surface area contributed by atoms with Crippen LogP contribution in [-0.2, 0) is 20.4 Å². The van der Waals surface area contributed by atoms with Crippen molar-refractivity contribution in [3.8, 4) is 5.75 Å². The van der Waals surface area contributed by atoms with Crippen LogP contribution in [0.5, 0.6) is 5.75 Å². The van der Waals surface area contributed by atoms with Crippen molar-refractivity contribution in [2.75, 3.05) is 6.61 Å². The van der Waals surface area contributed by atoms with E-state index < -0.39 is 5.41 Å². The van der Waals surface area contributed by atoms with Gasteiger partial charge >= 0.3 is 5.97 Å². The number of rotatable bonds is 20. The molecule has 0 saturated carbocycles. The largest absolute Gasteiger partial charge is 0.508 e. The molecule has 226 valence electrons. The zero-order valence-corrected chi connectivity index (χ0v) is 27.2. The van der Waals surface area contributed by atoms with Gasteiger partial charge in [-0.1, -0.05) is 164 Å². The molecule has 1 unspecified atom stereocenters. The number of phenols is 1. The molecule has 1 N–H and O–H groups in total. The summed E-state index contributed by atoms with van der Waals surface area (Å²) in [5.74, 6) is 0.187. The van der Waals surface area contributed by atoms with E-state index in [4.69, 9.17) is 4.74 Å². The van der Waals surface area contributed by atoms with Crippen molar-refractivity contribution >= 4 is 5.97 Å². The highest BCUT2D eigenvalue weighted by atomic mass is 16.5. The fourth-order valence-electron chi connectivity index (χ4n) is 5.46. The van der Waals surface area contributed by atoms with Gasteiger partial charge in [0.2, 0.25) is 0 Å². The first-order valence-electron chi connectivity index (χ1n) is 16.3. The molecular weight excluding hydrogens is 480 g/mol. The molecule has 0 amide bonds. The lowest BCUT2D eigenvalue weighted by Gasteiger charge is -2.42. The minimum Gasteiger partial charge on any atom is -0.508 e. The second kappa shape index (κ2) is 18.0. The summed E-state index contributed by atoms with van der Waals surface area (Å²) in [7, 11) is 0. The quantitative estimate of drug-likeness (QED) is 0.131. The van der Waals surface area contributed by atoms with Gasteiger partial charge in [-0.05, 0) is 34.4 Å². The van der Waals surface area contributed by atoms with Gasteiger partial charge in [0.1, 0.15) is 5.75 Å². The Balaban J connectivity index is 2.27. The molecule has 1 atom stereocenters. The maximum Gasteiger partial charge on any atom is 0.306 e. The predicted octanol–water partition coefficient (Wildman–Crippen LogP) is 11.2. The monoisotopic (exact) mass is 544 g/mol. The van der Waals surface area contributed by atoms with Crippen molar-refractivity contribution in [2.45, 2.75) is 175 Å². The summed E-state index contributed by atoms with van der Waals surface area (Å²) in [6.07, 6.45) is 21.7. The molecule has 0 aliphatic heterocycles. The first kappa shape index (κ1) is 35.5. The number of phenolic OH excluding ortho intramolecular Hbond substituents is 1. The summed E-state index contributed by atoms with van der Waals surface area (Å²) in [6, 6.07) is 5.84. The second-order valence-corrected chi connectivity index (χ2v) is 14.3. The lowest BCUT2D eigenvalue weighted by Crippen LogP contribution is -2.40. The normalized spacial score (nSPS) is 13.8. The van der Waals surface area contributed by atoms with Crippen LogP contribution in [0.1, 0.15) is 176 Å². The SMILES string of the molecule is CCCCCCCCCCCCCCCCCCOC(=O)CC(C)(c1ccc(O)c(C(C)(C)C)c1)C(C)(C)C. The molecule has 0 fully saturated rings. The van der Waals surface area contributed by atoms with Crippen LogP contribution in [0.15, 0.2) is 18.2 Å². The average Bonchev–Trinajstić information content (AvgIpc) is 2.84. The molecule has 0 spiro atoms.